The van der Waals surface area contributed by atoms with Gasteiger partial charge in [-0.3, -0.25) is 9.80 Å². The lowest BCUT2D eigenvalue weighted by molar-refractivity contribution is 0.0714. The molecule has 0 radical (unpaired) electrons. The number of ether oxygens (including phenoxy) is 2. The van der Waals surface area contributed by atoms with Crippen LogP contribution in [0, 0.1) is 0 Å². The molecule has 258 valence electrons. The summed E-state index contributed by atoms with van der Waals surface area (Å²) in [5.41, 5.74) is 7.37. The second kappa shape index (κ2) is 13.0. The van der Waals surface area contributed by atoms with Crippen LogP contribution in [0.1, 0.15) is 66.6 Å². The number of allylic oxidation sites excluding steroid dienone is 2. The molecule has 3 aromatic rings. The Morgan fingerprint density at radius 3 is 2.86 bits per heavy atom. The molecule has 3 fully saturated rings. The Balaban J connectivity index is 1.15. The van der Waals surface area contributed by atoms with E-state index in [4.69, 9.17) is 19.4 Å². The fourth-order valence-electron chi connectivity index (χ4n) is 9.18. The fraction of sp³-hybridized carbons (Fsp3) is 0.513. The van der Waals surface area contributed by atoms with Gasteiger partial charge in [0.15, 0.2) is 0 Å². The zero-order valence-electron chi connectivity index (χ0n) is 28.9. The van der Waals surface area contributed by atoms with Crippen LogP contribution in [0.4, 0.5) is 10.2 Å². The molecule has 0 saturated carbocycles. The van der Waals surface area contributed by atoms with E-state index in [-0.39, 0.29) is 11.1 Å². The van der Waals surface area contributed by atoms with Crippen LogP contribution in [-0.4, -0.2) is 90.0 Å². The summed E-state index contributed by atoms with van der Waals surface area (Å²) in [6.07, 6.45) is 8.95. The Labute approximate surface area is 289 Å². The smallest absolute Gasteiger partial charge is 0.318 e. The van der Waals surface area contributed by atoms with Crippen molar-refractivity contribution in [3.05, 3.63) is 88.9 Å². The molecule has 3 atom stereocenters. The number of halogens is 1. The number of likely N-dealkylation sites (N-methyl/N-ethyl adjacent to an activating group) is 1. The highest BCUT2D eigenvalue weighted by Gasteiger charge is 2.50. The molecule has 0 bridgehead atoms. The quantitative estimate of drug-likeness (QED) is 0.355. The molecule has 1 aliphatic carbocycles. The summed E-state index contributed by atoms with van der Waals surface area (Å²) >= 11 is 0. The van der Waals surface area contributed by atoms with Gasteiger partial charge in [-0.05, 0) is 81.0 Å². The minimum absolute atomic E-state index is 0.120. The largest absolute Gasteiger partial charge is 0.481 e. The number of anilines is 1. The third-order valence-electron chi connectivity index (χ3n) is 11.7. The van der Waals surface area contributed by atoms with Gasteiger partial charge in [-0.25, -0.2) is 9.37 Å². The highest BCUT2D eigenvalue weighted by Crippen LogP contribution is 2.47. The van der Waals surface area contributed by atoms with Crippen molar-refractivity contribution < 1.29 is 13.9 Å². The van der Waals surface area contributed by atoms with Crippen molar-refractivity contribution in [2.45, 2.75) is 75.2 Å². The Morgan fingerprint density at radius 2 is 1.96 bits per heavy atom. The van der Waals surface area contributed by atoms with Gasteiger partial charge in [0.1, 0.15) is 18.6 Å². The SMILES string of the molecule is C=C(/C=C1/CN(c2nc(OC[C@@]34CCCN3C[C@H](F)C4)nc3c2CN(C)[C@@]2(CCCc4ccccc42)C3)CCCN1)c1cccc(OC)n1. The van der Waals surface area contributed by atoms with Crippen molar-refractivity contribution in [2.24, 2.45) is 0 Å². The maximum atomic E-state index is 14.7. The lowest BCUT2D eigenvalue weighted by Crippen LogP contribution is -2.51. The van der Waals surface area contributed by atoms with Gasteiger partial charge in [-0.1, -0.05) is 36.9 Å². The van der Waals surface area contributed by atoms with Gasteiger partial charge in [-0.15, -0.1) is 0 Å². The van der Waals surface area contributed by atoms with Crippen LogP contribution in [-0.2, 0) is 24.9 Å². The minimum Gasteiger partial charge on any atom is -0.481 e. The summed E-state index contributed by atoms with van der Waals surface area (Å²) in [6, 6.07) is 15.1. The number of hydrogen-bond donors (Lipinski definition) is 1. The molecule has 1 aromatic carbocycles. The topological polar surface area (TPSA) is 78.9 Å². The zero-order valence-corrected chi connectivity index (χ0v) is 28.9. The number of pyridine rings is 1. The van der Waals surface area contributed by atoms with Crippen LogP contribution >= 0.6 is 0 Å². The third kappa shape index (κ3) is 5.97. The van der Waals surface area contributed by atoms with E-state index in [1.54, 1.807) is 7.11 Å². The van der Waals surface area contributed by atoms with Crippen LogP contribution in [0.15, 0.2) is 60.8 Å². The predicted octanol–water partition coefficient (Wildman–Crippen LogP) is 5.45. The highest BCUT2D eigenvalue weighted by atomic mass is 19.1. The number of alkyl halides is 1. The molecule has 9 nitrogen and oxygen atoms in total. The van der Waals surface area contributed by atoms with Crippen molar-refractivity contribution in [3.8, 4) is 11.9 Å². The van der Waals surface area contributed by atoms with Gasteiger partial charge in [0.05, 0.1) is 36.1 Å². The van der Waals surface area contributed by atoms with E-state index in [1.807, 2.05) is 18.2 Å². The number of benzene rings is 1. The number of nitrogens with one attached hydrogen (secondary N) is 1. The van der Waals surface area contributed by atoms with E-state index >= 15 is 0 Å². The maximum Gasteiger partial charge on any atom is 0.318 e. The Bertz CT molecular complexity index is 1760. The van der Waals surface area contributed by atoms with Crippen LogP contribution in [0.2, 0.25) is 0 Å². The Morgan fingerprint density at radius 1 is 1.06 bits per heavy atom. The number of aryl methyl sites for hydroxylation is 1. The standard InChI is InChI=1S/C39H48FN7O2/c1-27(33-13-6-14-35(42-33)48-3)20-30-24-46(18-9-17-41-30)36-31-25-45(2)39(16-7-11-28-10-4-5-12-32(28)39)22-34(31)43-37(44-36)49-26-38-15-8-19-47(38)23-29(40)21-38/h4-6,10,12-14,20,29,41H,1,7-9,11,15-19,21-26H2,2-3H3/b30-20-/t29-,38+,39+/m1/s1. The van der Waals surface area contributed by atoms with Crippen LogP contribution in [0.25, 0.3) is 5.57 Å². The summed E-state index contributed by atoms with van der Waals surface area (Å²) < 4.78 is 26.6. The predicted molar refractivity (Wildman–Crippen MR) is 190 cm³/mol. The Kier molecular flexibility index (Phi) is 8.56. The molecular weight excluding hydrogens is 617 g/mol. The molecular formula is C39H48FN7O2. The number of nitrogens with zero attached hydrogens (tertiary/aromatic N) is 6. The van der Waals surface area contributed by atoms with Crippen molar-refractivity contribution in [2.75, 3.05) is 58.4 Å². The van der Waals surface area contributed by atoms with Gasteiger partial charge in [0.2, 0.25) is 5.88 Å². The average molecular weight is 666 g/mol. The second-order valence-corrected chi connectivity index (χ2v) is 14.7. The molecule has 1 spiro atoms. The van der Waals surface area contributed by atoms with Gasteiger partial charge in [0, 0.05) is 56.3 Å². The van der Waals surface area contributed by atoms with Crippen molar-refractivity contribution in [3.63, 3.8) is 0 Å². The first-order chi connectivity index (χ1) is 23.9. The van der Waals surface area contributed by atoms with Gasteiger partial charge >= 0.3 is 6.01 Å². The van der Waals surface area contributed by atoms with E-state index in [0.29, 0.717) is 38.0 Å². The monoisotopic (exact) mass is 665 g/mol. The van der Waals surface area contributed by atoms with Crippen LogP contribution < -0.4 is 19.7 Å². The first-order valence-electron chi connectivity index (χ1n) is 18.0. The van der Waals surface area contributed by atoms with Gasteiger partial charge in [0.25, 0.3) is 0 Å². The van der Waals surface area contributed by atoms with Crippen molar-refractivity contribution in [1.82, 2.24) is 30.1 Å². The lowest BCUT2D eigenvalue weighted by Gasteiger charge is -2.49. The first kappa shape index (κ1) is 32.2. The third-order valence-corrected chi connectivity index (χ3v) is 11.7. The van der Waals surface area contributed by atoms with E-state index in [9.17, 15) is 4.39 Å². The Hall–Kier alpha value is -4.02. The highest BCUT2D eigenvalue weighted by molar-refractivity contribution is 5.71. The summed E-state index contributed by atoms with van der Waals surface area (Å²) in [7, 11) is 3.89. The summed E-state index contributed by atoms with van der Waals surface area (Å²) in [4.78, 5) is 22.2. The number of rotatable bonds is 7. The molecule has 10 heteroatoms. The average Bonchev–Trinajstić information content (AvgIpc) is 3.54. The minimum atomic E-state index is -0.803. The molecule has 6 heterocycles. The molecule has 49 heavy (non-hydrogen) atoms. The molecule has 1 N–H and O–H groups in total. The lowest BCUT2D eigenvalue weighted by atomic mass is 9.71. The van der Waals surface area contributed by atoms with E-state index in [1.165, 1.54) is 16.7 Å². The molecule has 2 aromatic heterocycles. The fourth-order valence-corrected chi connectivity index (χ4v) is 9.18. The summed E-state index contributed by atoms with van der Waals surface area (Å²) in [6.45, 7) is 9.28. The van der Waals surface area contributed by atoms with Gasteiger partial charge < -0.3 is 19.7 Å². The summed E-state index contributed by atoms with van der Waals surface area (Å²) in [5, 5.41) is 3.64. The molecule has 5 aliphatic rings. The molecule has 8 rings (SSSR count). The van der Waals surface area contributed by atoms with Crippen molar-refractivity contribution in [1.29, 1.82) is 0 Å². The maximum absolute atomic E-state index is 14.7. The van der Waals surface area contributed by atoms with Crippen molar-refractivity contribution >= 4 is 11.4 Å². The van der Waals surface area contributed by atoms with Crippen LogP contribution in [0.3, 0.4) is 0 Å². The molecule has 4 aliphatic heterocycles. The molecule has 3 saturated heterocycles. The molecule has 0 amide bonds. The van der Waals surface area contributed by atoms with Gasteiger partial charge in [-0.2, -0.15) is 9.97 Å². The number of methoxy groups -OCH3 is 1. The van der Waals surface area contributed by atoms with Crippen LogP contribution in [0.5, 0.6) is 11.9 Å². The molecule has 0 unspecified atom stereocenters. The first-order valence-corrected chi connectivity index (χ1v) is 18.0. The van der Waals surface area contributed by atoms with E-state index < -0.39 is 6.17 Å². The number of aromatic nitrogens is 3. The zero-order chi connectivity index (χ0) is 33.6. The number of hydrogen-bond acceptors (Lipinski definition) is 9. The van der Waals surface area contributed by atoms with E-state index in [2.05, 4.69) is 69.0 Å². The van der Waals surface area contributed by atoms with E-state index in [0.717, 1.165) is 99.6 Å². The second-order valence-electron chi connectivity index (χ2n) is 14.7. The normalized spacial score (nSPS) is 27.7. The number of fused-ring (bicyclic) bond motifs is 4. The summed E-state index contributed by atoms with van der Waals surface area (Å²) in [5.74, 6) is 1.50.